The van der Waals surface area contributed by atoms with Crippen molar-refractivity contribution in [2.75, 3.05) is 13.1 Å². The van der Waals surface area contributed by atoms with Gasteiger partial charge in [0.25, 0.3) is 0 Å². The number of hydrogen-bond donors (Lipinski definition) is 1. The van der Waals surface area contributed by atoms with Gasteiger partial charge in [0.15, 0.2) is 0 Å². The quantitative estimate of drug-likeness (QED) is 0.749. The van der Waals surface area contributed by atoms with Gasteiger partial charge >= 0.3 is 6.09 Å². The van der Waals surface area contributed by atoms with Gasteiger partial charge in [0, 0.05) is 24.5 Å². The first-order valence-corrected chi connectivity index (χ1v) is 10.3. The molecule has 2 aliphatic rings. The fraction of sp³-hybridized carbons (Fsp3) is 0.944. The number of halogens is 1. The summed E-state index contributed by atoms with van der Waals surface area (Å²) in [4.78, 5) is 13.9. The van der Waals surface area contributed by atoms with Gasteiger partial charge in [-0.05, 0) is 72.6 Å². The van der Waals surface area contributed by atoms with E-state index in [1.54, 1.807) is 4.90 Å². The van der Waals surface area contributed by atoms with Crippen molar-refractivity contribution >= 4 is 17.5 Å². The third-order valence-electron chi connectivity index (χ3n) is 5.08. The molecule has 1 saturated heterocycles. The molecule has 7 heteroatoms. The summed E-state index contributed by atoms with van der Waals surface area (Å²) in [7, 11) is 0. The summed E-state index contributed by atoms with van der Waals surface area (Å²) in [5.74, 6) is 0. The summed E-state index contributed by atoms with van der Waals surface area (Å²) in [5, 5.41) is 0. The molecule has 0 aromatic carbocycles. The van der Waals surface area contributed by atoms with Crippen LogP contribution >= 0.6 is 0 Å². The zero-order valence-electron chi connectivity index (χ0n) is 16.4. The van der Waals surface area contributed by atoms with E-state index in [-0.39, 0.29) is 22.3 Å². The fourth-order valence-corrected chi connectivity index (χ4v) is 4.62. The first-order valence-electron chi connectivity index (χ1n) is 9.12. The molecule has 1 heterocycles. The molecule has 1 amide bonds. The second-order valence-electron chi connectivity index (χ2n) is 9.42. The Morgan fingerprint density at radius 3 is 2.28 bits per heavy atom. The van der Waals surface area contributed by atoms with Crippen molar-refractivity contribution < 1.29 is 18.5 Å². The van der Waals surface area contributed by atoms with Gasteiger partial charge in [-0.3, -0.25) is 0 Å². The number of ether oxygens (including phenoxy) is 1. The van der Waals surface area contributed by atoms with Gasteiger partial charge in [-0.25, -0.2) is 9.18 Å². The molecule has 1 spiro atoms. The fourth-order valence-electron chi connectivity index (χ4n) is 3.67. The van der Waals surface area contributed by atoms with Crippen LogP contribution in [0.5, 0.6) is 0 Å². The molecule has 0 bridgehead atoms. The van der Waals surface area contributed by atoms with Gasteiger partial charge < -0.3 is 14.2 Å². The second-order valence-corrected chi connectivity index (χ2v) is 11.4. The van der Waals surface area contributed by atoms with Crippen molar-refractivity contribution in [1.29, 1.82) is 0 Å². The Morgan fingerprint density at radius 2 is 1.80 bits per heavy atom. The molecule has 146 valence electrons. The van der Waals surface area contributed by atoms with Crippen LogP contribution in [-0.4, -0.2) is 51.2 Å². The van der Waals surface area contributed by atoms with E-state index in [2.05, 4.69) is 4.72 Å². The summed E-state index contributed by atoms with van der Waals surface area (Å²) in [6, 6.07) is -0.108. The number of alkyl halides is 1. The van der Waals surface area contributed by atoms with Crippen LogP contribution in [0.4, 0.5) is 9.18 Å². The van der Waals surface area contributed by atoms with E-state index < -0.39 is 23.1 Å². The van der Waals surface area contributed by atoms with Gasteiger partial charge in [0.05, 0.1) is 6.04 Å². The number of nitrogens with one attached hydrogen (secondary N) is 1. The highest BCUT2D eigenvalue weighted by molar-refractivity contribution is 7.90. The monoisotopic (exact) mass is 376 g/mol. The van der Waals surface area contributed by atoms with E-state index in [1.807, 2.05) is 41.5 Å². The SMILES string of the molecule is CC(C)(C)OC(=O)N1CCC2(CC1)C[C@@H](F)C[C@H]2N[S@+]([O-])C(C)(C)C. The molecule has 25 heavy (non-hydrogen) atoms. The van der Waals surface area contributed by atoms with Crippen LogP contribution in [0, 0.1) is 5.41 Å². The van der Waals surface area contributed by atoms with Crippen molar-refractivity contribution in [2.24, 2.45) is 5.41 Å². The standard InChI is InChI=1S/C18H33FN2O3S/c1-16(2,3)24-15(22)21-9-7-18(8-10-21)12-13(19)11-14(18)20-25(23)17(4,5)6/h13-14,20H,7-12H2,1-6H3/t13-,14+,25+/m0/s1. The molecule has 1 saturated carbocycles. The second kappa shape index (κ2) is 7.24. The van der Waals surface area contributed by atoms with E-state index in [0.29, 0.717) is 38.8 Å². The molecule has 2 fully saturated rings. The number of carbonyl (C=O) groups is 1. The maximum atomic E-state index is 14.2. The third kappa shape index (κ3) is 5.23. The lowest BCUT2D eigenvalue weighted by molar-refractivity contribution is 0.00761. The number of nitrogens with zero attached hydrogens (tertiary/aromatic N) is 1. The molecule has 1 aliphatic carbocycles. The van der Waals surface area contributed by atoms with Crippen LogP contribution in [0.3, 0.4) is 0 Å². The van der Waals surface area contributed by atoms with Crippen molar-refractivity contribution in [3.8, 4) is 0 Å². The van der Waals surface area contributed by atoms with Gasteiger partial charge in [-0.2, -0.15) is 0 Å². The summed E-state index contributed by atoms with van der Waals surface area (Å²) in [5.41, 5.74) is -0.740. The van der Waals surface area contributed by atoms with E-state index in [0.717, 1.165) is 0 Å². The van der Waals surface area contributed by atoms with Gasteiger partial charge in [-0.15, -0.1) is 4.72 Å². The lowest BCUT2D eigenvalue weighted by Gasteiger charge is -2.43. The highest BCUT2D eigenvalue weighted by Gasteiger charge is 2.52. The molecule has 0 unspecified atom stereocenters. The van der Waals surface area contributed by atoms with Crippen molar-refractivity contribution in [2.45, 2.75) is 89.8 Å². The molecule has 3 atom stereocenters. The van der Waals surface area contributed by atoms with Crippen molar-refractivity contribution in [3.05, 3.63) is 0 Å². The molecule has 0 aromatic heterocycles. The molecule has 1 aliphatic heterocycles. The predicted molar refractivity (Wildman–Crippen MR) is 98.4 cm³/mol. The normalized spacial score (nSPS) is 28.2. The molecule has 1 N–H and O–H groups in total. The Labute approximate surface area is 154 Å². The van der Waals surface area contributed by atoms with E-state index in [4.69, 9.17) is 4.74 Å². The highest BCUT2D eigenvalue weighted by atomic mass is 32.2. The van der Waals surface area contributed by atoms with Gasteiger partial charge in [0.2, 0.25) is 0 Å². The average Bonchev–Trinajstić information content (AvgIpc) is 2.72. The number of piperidine rings is 1. The van der Waals surface area contributed by atoms with E-state index >= 15 is 0 Å². The Morgan fingerprint density at radius 1 is 1.24 bits per heavy atom. The Balaban J connectivity index is 2.00. The van der Waals surface area contributed by atoms with Crippen LogP contribution in [0.25, 0.3) is 0 Å². The first-order chi connectivity index (χ1) is 11.3. The number of carbonyl (C=O) groups excluding carboxylic acids is 1. The topological polar surface area (TPSA) is 64.6 Å². The van der Waals surface area contributed by atoms with Gasteiger partial charge in [-0.1, -0.05) is 0 Å². The molecule has 5 nitrogen and oxygen atoms in total. The highest BCUT2D eigenvalue weighted by Crippen LogP contribution is 2.48. The Hall–Kier alpha value is -0.530. The lowest BCUT2D eigenvalue weighted by Crippen LogP contribution is -2.54. The van der Waals surface area contributed by atoms with Crippen LogP contribution in [0.2, 0.25) is 0 Å². The Kier molecular flexibility index (Phi) is 6.01. The first kappa shape index (κ1) is 20.8. The van der Waals surface area contributed by atoms with Crippen molar-refractivity contribution in [1.82, 2.24) is 9.62 Å². The lowest BCUT2D eigenvalue weighted by atomic mass is 9.74. The zero-order valence-corrected chi connectivity index (χ0v) is 17.2. The largest absolute Gasteiger partial charge is 0.598 e. The predicted octanol–water partition coefficient (Wildman–Crippen LogP) is 3.56. The van der Waals surface area contributed by atoms with E-state index in [1.165, 1.54) is 0 Å². The summed E-state index contributed by atoms with van der Waals surface area (Å²) in [6.07, 6.45) is 1.13. The van der Waals surface area contributed by atoms with Crippen molar-refractivity contribution in [3.63, 3.8) is 0 Å². The minimum absolute atomic E-state index is 0.108. The number of likely N-dealkylation sites (tertiary alicyclic amines) is 1. The number of rotatable bonds is 2. The van der Waals surface area contributed by atoms with Crippen LogP contribution in [-0.2, 0) is 16.1 Å². The third-order valence-corrected chi connectivity index (χ3v) is 6.69. The maximum absolute atomic E-state index is 14.2. The number of hydrogen-bond acceptors (Lipinski definition) is 4. The zero-order chi connectivity index (χ0) is 19.0. The molecular formula is C18H33FN2O3S. The minimum Gasteiger partial charge on any atom is -0.598 e. The van der Waals surface area contributed by atoms with Crippen LogP contribution in [0.1, 0.15) is 67.2 Å². The van der Waals surface area contributed by atoms with Gasteiger partial charge in [0.1, 0.15) is 16.5 Å². The smallest absolute Gasteiger partial charge is 0.410 e. The van der Waals surface area contributed by atoms with Crippen LogP contribution in [0.15, 0.2) is 0 Å². The minimum atomic E-state index is -1.22. The molecule has 0 radical (unpaired) electrons. The molecular weight excluding hydrogens is 343 g/mol. The summed E-state index contributed by atoms with van der Waals surface area (Å²) in [6.45, 7) is 12.4. The summed E-state index contributed by atoms with van der Waals surface area (Å²) >= 11 is -1.22. The summed E-state index contributed by atoms with van der Waals surface area (Å²) < 4.78 is 34.9. The molecule has 2 rings (SSSR count). The average molecular weight is 377 g/mol. The van der Waals surface area contributed by atoms with E-state index in [9.17, 15) is 13.7 Å². The van der Waals surface area contributed by atoms with Crippen LogP contribution < -0.4 is 4.72 Å². The maximum Gasteiger partial charge on any atom is 0.410 e. The number of amides is 1. The molecule has 0 aromatic rings. The Bertz CT molecular complexity index is 482.